The van der Waals surface area contributed by atoms with Crippen molar-refractivity contribution in [2.45, 2.75) is 130 Å². The summed E-state index contributed by atoms with van der Waals surface area (Å²) < 4.78 is 5.71. The van der Waals surface area contributed by atoms with Gasteiger partial charge in [0, 0.05) is 15.8 Å². The van der Waals surface area contributed by atoms with Crippen LogP contribution in [-0.2, 0) is 9.53 Å². The first kappa shape index (κ1) is 30.9. The van der Waals surface area contributed by atoms with Gasteiger partial charge in [0.05, 0.1) is 7.66 Å². The van der Waals surface area contributed by atoms with Crippen molar-refractivity contribution in [1.82, 2.24) is 0 Å². The molecule has 0 unspecified atom stereocenters. The lowest BCUT2D eigenvalue weighted by Gasteiger charge is -2.13. The summed E-state index contributed by atoms with van der Waals surface area (Å²) in [5.41, 5.74) is 0.494. The first-order valence-corrected chi connectivity index (χ1v) is 15.7. The van der Waals surface area contributed by atoms with Crippen molar-refractivity contribution in [2.75, 3.05) is 6.61 Å². The van der Waals surface area contributed by atoms with Gasteiger partial charge >= 0.3 is 5.97 Å². The Kier molecular flexibility index (Phi) is 22.4. The molecule has 0 aliphatic carbocycles. The molecule has 0 fully saturated rings. The summed E-state index contributed by atoms with van der Waals surface area (Å²) in [5, 5.41) is 0. The van der Waals surface area contributed by atoms with Gasteiger partial charge < -0.3 is 4.74 Å². The van der Waals surface area contributed by atoms with Crippen molar-refractivity contribution in [3.8, 4) is 0 Å². The largest absolute Gasteiger partial charge is 0.462 e. The van der Waals surface area contributed by atoms with Crippen molar-refractivity contribution in [1.29, 1.82) is 0 Å². The summed E-state index contributed by atoms with van der Waals surface area (Å²) in [4.78, 5) is 11.2. The molecule has 0 radical (unpaired) electrons. The lowest BCUT2D eigenvalue weighted by molar-refractivity contribution is -0.139. The van der Waals surface area contributed by atoms with Crippen LogP contribution in [-0.4, -0.2) is 23.9 Å². The lowest BCUT2D eigenvalue weighted by atomic mass is 10.0. The lowest BCUT2D eigenvalue weighted by Crippen LogP contribution is -2.08. The molecule has 0 spiro atoms. The number of alkyl halides is 2. The van der Waals surface area contributed by atoms with E-state index in [1.54, 1.807) is 6.92 Å². The summed E-state index contributed by atoms with van der Waals surface area (Å²) in [6, 6.07) is 0. The Morgan fingerprint density at radius 2 is 1.00 bits per heavy atom. The third kappa shape index (κ3) is 25.2. The summed E-state index contributed by atoms with van der Waals surface area (Å²) in [7, 11) is 1.31. The summed E-state index contributed by atoms with van der Waals surface area (Å²) in [6.07, 6.45) is 26.2. The van der Waals surface area contributed by atoms with Gasteiger partial charge in [-0.1, -0.05) is 161 Å². The van der Waals surface area contributed by atoms with E-state index in [4.69, 9.17) is 4.74 Å². The Morgan fingerprint density at radius 3 is 1.30 bits per heavy atom. The van der Waals surface area contributed by atoms with Crippen LogP contribution >= 0.6 is 45.2 Å². The van der Waals surface area contributed by atoms with Crippen LogP contribution in [0.5, 0.6) is 0 Å². The van der Waals surface area contributed by atoms with E-state index in [0.29, 0.717) is 13.2 Å². The number of rotatable bonds is 22. The van der Waals surface area contributed by atoms with Crippen LogP contribution in [0.3, 0.4) is 0 Å². The van der Waals surface area contributed by atoms with Crippen molar-refractivity contribution >= 4 is 61.4 Å². The Hall–Kier alpha value is 0.887. The van der Waals surface area contributed by atoms with Crippen molar-refractivity contribution in [2.24, 2.45) is 0 Å². The monoisotopic (exact) mass is 662 g/mol. The van der Waals surface area contributed by atoms with Crippen molar-refractivity contribution in [3.05, 3.63) is 12.2 Å². The van der Waals surface area contributed by atoms with Crippen LogP contribution in [0.15, 0.2) is 12.2 Å². The van der Waals surface area contributed by atoms with E-state index in [-0.39, 0.29) is 5.97 Å². The number of carbonyl (C=O) groups excluding carboxylic acids is 1. The summed E-state index contributed by atoms with van der Waals surface area (Å²) >= 11 is 5.24. The first-order valence-electron chi connectivity index (χ1n) is 12.5. The fraction of sp³-hybridized carbons (Fsp3) is 0.880. The Bertz CT molecular complexity index is 422. The predicted octanol–water partition coefficient (Wildman–Crippen LogP) is 8.41. The number of carbonyl (C=O) groups is 1. The van der Waals surface area contributed by atoms with E-state index in [2.05, 4.69) is 51.8 Å². The highest BCUT2D eigenvalue weighted by Gasteiger charge is 2.13. The van der Waals surface area contributed by atoms with Crippen molar-refractivity contribution in [3.63, 3.8) is 0 Å². The fourth-order valence-electron chi connectivity index (χ4n) is 3.65. The van der Waals surface area contributed by atoms with E-state index in [9.17, 15) is 4.79 Å². The topological polar surface area (TPSA) is 26.3 Å². The molecule has 0 bridgehead atoms. The average Bonchev–Trinajstić information content (AvgIpc) is 2.68. The molecule has 0 aromatic heterocycles. The summed E-state index contributed by atoms with van der Waals surface area (Å²) in [5.74, 6) is -0.252. The molecule has 0 aromatic carbocycles. The van der Waals surface area contributed by atoms with Crippen LogP contribution in [0, 0.1) is 0 Å². The number of hydrogen-bond acceptors (Lipinski definition) is 2. The smallest absolute Gasteiger partial charge is 0.333 e. The van der Waals surface area contributed by atoms with E-state index >= 15 is 0 Å². The van der Waals surface area contributed by atoms with Gasteiger partial charge in [0.25, 0.3) is 0 Å². The average molecular weight is 663 g/mol. The quantitative estimate of drug-likeness (QED) is 0.0291. The van der Waals surface area contributed by atoms with Gasteiger partial charge in [-0.3, -0.25) is 0 Å². The Balaban J connectivity index is 3.10. The van der Waals surface area contributed by atoms with Gasteiger partial charge in [-0.25, -0.2) is 4.79 Å². The molecule has 0 N–H and O–H groups in total. The van der Waals surface area contributed by atoms with E-state index in [1.807, 2.05) is 0 Å². The molecule has 0 atom stereocenters. The molecule has 178 valence electrons. The highest BCUT2D eigenvalue weighted by Crippen LogP contribution is 2.29. The van der Waals surface area contributed by atoms with Crippen molar-refractivity contribution < 1.29 is 9.53 Å². The minimum absolute atomic E-state index is 0.252. The molecule has 30 heavy (non-hydrogen) atoms. The molecule has 5 heteroatoms. The van der Waals surface area contributed by atoms with Gasteiger partial charge in [-0.2, -0.15) is 0 Å². The maximum absolute atomic E-state index is 11.2. The molecular formula is C25H48I2O2Si. The van der Waals surface area contributed by atoms with Crippen LogP contribution < -0.4 is 0 Å². The fourth-order valence-corrected chi connectivity index (χ4v) is 4.77. The molecule has 2 nitrogen and oxygen atoms in total. The number of unbranched alkanes of at least 4 members (excludes halogenated alkanes) is 17. The third-order valence-electron chi connectivity index (χ3n) is 5.59. The molecule has 0 amide bonds. The maximum atomic E-state index is 11.2. The number of halogens is 2. The third-order valence-corrected chi connectivity index (χ3v) is 7.17. The van der Waals surface area contributed by atoms with E-state index in [0.717, 1.165) is 6.42 Å². The molecule has 0 saturated carbocycles. The van der Waals surface area contributed by atoms with Gasteiger partial charge in [-0.05, 0) is 19.8 Å². The molecule has 0 saturated heterocycles. The zero-order valence-electron chi connectivity index (χ0n) is 19.9. The number of esters is 1. The van der Waals surface area contributed by atoms with Crippen LogP contribution in [0.25, 0.3) is 0 Å². The standard InChI is InChI=1S/C25H48I2O2Si/c1-23(2)24(28)29-22-20-18-16-14-12-10-8-6-4-3-5-7-9-11-13-15-17-19-21-25(26,27)30/h1,3-22H2,2,30H3. The number of ether oxygens (including phenoxy) is 1. The predicted molar refractivity (Wildman–Crippen MR) is 154 cm³/mol. The second kappa shape index (κ2) is 21.7. The van der Waals surface area contributed by atoms with Crippen LogP contribution in [0.1, 0.15) is 129 Å². The SMILES string of the molecule is C=C(C)C(=O)OCCCCCCCCCCCCCCCCCCCCC([SiH3])(I)I. The molecule has 0 aliphatic heterocycles. The van der Waals surface area contributed by atoms with Gasteiger partial charge in [0.1, 0.15) is 0 Å². The first-order chi connectivity index (χ1) is 14.3. The molecular weight excluding hydrogens is 614 g/mol. The maximum Gasteiger partial charge on any atom is 0.333 e. The second-order valence-electron chi connectivity index (χ2n) is 9.10. The number of hydrogen-bond donors (Lipinski definition) is 0. The Labute approximate surface area is 218 Å². The molecule has 0 aromatic rings. The minimum atomic E-state index is -0.252. The van der Waals surface area contributed by atoms with Crippen LogP contribution in [0.4, 0.5) is 0 Å². The van der Waals surface area contributed by atoms with E-state index in [1.165, 1.54) is 126 Å². The summed E-state index contributed by atoms with van der Waals surface area (Å²) in [6.45, 7) is 5.83. The zero-order chi connectivity index (χ0) is 22.5. The Morgan fingerprint density at radius 1 is 0.700 bits per heavy atom. The molecule has 0 aliphatic rings. The zero-order valence-corrected chi connectivity index (χ0v) is 26.2. The minimum Gasteiger partial charge on any atom is -0.462 e. The van der Waals surface area contributed by atoms with Gasteiger partial charge in [-0.15, -0.1) is 0 Å². The highest BCUT2D eigenvalue weighted by atomic mass is 127. The molecule has 0 heterocycles. The van der Waals surface area contributed by atoms with Gasteiger partial charge in [0.2, 0.25) is 0 Å². The molecule has 0 rings (SSSR count). The highest BCUT2D eigenvalue weighted by molar-refractivity contribution is 14.2. The van der Waals surface area contributed by atoms with Crippen LogP contribution in [0.2, 0.25) is 0 Å². The van der Waals surface area contributed by atoms with E-state index < -0.39 is 0 Å². The van der Waals surface area contributed by atoms with Gasteiger partial charge in [0.15, 0.2) is 0 Å². The normalized spacial score (nSPS) is 11.7. The second-order valence-corrected chi connectivity index (χ2v) is 21.7.